The molecule has 0 saturated carbocycles. The quantitative estimate of drug-likeness (QED) is 0.744. The molecule has 2 unspecified atom stereocenters. The molecule has 0 spiro atoms. The number of rotatable bonds is 9. The van der Waals surface area contributed by atoms with Gasteiger partial charge in [-0.15, -0.1) is 0 Å². The summed E-state index contributed by atoms with van der Waals surface area (Å²) in [5.41, 5.74) is 3.65. The van der Waals surface area contributed by atoms with Crippen LogP contribution in [0, 0.1) is 19.8 Å². The van der Waals surface area contributed by atoms with Crippen molar-refractivity contribution >= 4 is 0 Å². The molecule has 1 rings (SSSR count). The number of aromatic nitrogens is 2. The van der Waals surface area contributed by atoms with Crippen LogP contribution in [0.3, 0.4) is 0 Å². The molecule has 3 nitrogen and oxygen atoms in total. The van der Waals surface area contributed by atoms with E-state index in [0.717, 1.165) is 25.0 Å². The van der Waals surface area contributed by atoms with E-state index in [1.165, 1.54) is 36.9 Å². The molecule has 0 bridgehead atoms. The van der Waals surface area contributed by atoms with E-state index in [9.17, 15) is 5.11 Å². The number of hydrogen-bond donors (Lipinski definition) is 1. The lowest BCUT2D eigenvalue weighted by Gasteiger charge is -2.18. The Morgan fingerprint density at radius 1 is 1.20 bits per heavy atom. The van der Waals surface area contributed by atoms with Gasteiger partial charge in [0.25, 0.3) is 0 Å². The summed E-state index contributed by atoms with van der Waals surface area (Å²) >= 11 is 0. The Bertz CT molecular complexity index is 398. The molecule has 0 amide bonds. The average Bonchev–Trinajstić information content (AvgIpc) is 2.66. The van der Waals surface area contributed by atoms with E-state index in [1.807, 2.05) is 11.7 Å². The van der Waals surface area contributed by atoms with Crippen LogP contribution in [0.25, 0.3) is 0 Å². The minimum Gasteiger partial charge on any atom is -0.393 e. The molecule has 2 atom stereocenters. The van der Waals surface area contributed by atoms with Crippen LogP contribution < -0.4 is 0 Å². The highest BCUT2D eigenvalue weighted by Gasteiger charge is 2.15. The number of aliphatic hydroxyl groups excluding tert-OH is 1. The molecule has 0 saturated heterocycles. The predicted octanol–water partition coefficient (Wildman–Crippen LogP) is 3.94. The molecule has 1 aromatic rings. The van der Waals surface area contributed by atoms with Crippen molar-refractivity contribution in [2.75, 3.05) is 0 Å². The second-order valence-electron chi connectivity index (χ2n) is 6.12. The van der Waals surface area contributed by atoms with Crippen LogP contribution in [0.5, 0.6) is 0 Å². The molecule has 20 heavy (non-hydrogen) atoms. The van der Waals surface area contributed by atoms with Crippen LogP contribution >= 0.6 is 0 Å². The lowest BCUT2D eigenvalue weighted by Crippen LogP contribution is -2.14. The first-order valence-electron chi connectivity index (χ1n) is 8.16. The summed E-state index contributed by atoms with van der Waals surface area (Å²) in [6, 6.07) is 0. The van der Waals surface area contributed by atoms with Crippen molar-refractivity contribution in [1.29, 1.82) is 0 Å². The molecule has 116 valence electrons. The van der Waals surface area contributed by atoms with Crippen molar-refractivity contribution in [3.8, 4) is 0 Å². The zero-order valence-corrected chi connectivity index (χ0v) is 13.9. The third-order valence-electron chi connectivity index (χ3n) is 4.54. The minimum atomic E-state index is -0.171. The average molecular weight is 280 g/mol. The lowest BCUT2D eigenvalue weighted by atomic mass is 9.91. The highest BCUT2D eigenvalue weighted by Crippen LogP contribution is 2.22. The Labute approximate surface area is 124 Å². The van der Waals surface area contributed by atoms with E-state index in [0.29, 0.717) is 5.92 Å². The number of aryl methyl sites for hydroxylation is 2. The maximum atomic E-state index is 10.3. The van der Waals surface area contributed by atoms with Crippen molar-refractivity contribution in [2.45, 2.75) is 78.7 Å². The van der Waals surface area contributed by atoms with Crippen molar-refractivity contribution in [3.63, 3.8) is 0 Å². The van der Waals surface area contributed by atoms with Crippen LogP contribution in [0.2, 0.25) is 0 Å². The van der Waals surface area contributed by atoms with Gasteiger partial charge in [0.15, 0.2) is 0 Å². The molecule has 1 aromatic heterocycles. The van der Waals surface area contributed by atoms with E-state index in [4.69, 9.17) is 0 Å². The molecule has 0 aliphatic rings. The van der Waals surface area contributed by atoms with E-state index >= 15 is 0 Å². The van der Waals surface area contributed by atoms with Gasteiger partial charge in [-0.05, 0) is 44.6 Å². The fourth-order valence-corrected chi connectivity index (χ4v) is 2.97. The fourth-order valence-electron chi connectivity index (χ4n) is 2.97. The summed E-state index contributed by atoms with van der Waals surface area (Å²) in [5.74, 6) is 0.682. The Morgan fingerprint density at radius 2 is 1.90 bits per heavy atom. The van der Waals surface area contributed by atoms with Gasteiger partial charge in [-0.3, -0.25) is 4.68 Å². The van der Waals surface area contributed by atoms with Crippen LogP contribution in [-0.4, -0.2) is 21.0 Å². The van der Waals surface area contributed by atoms with E-state index in [1.54, 1.807) is 0 Å². The molecular formula is C17H32N2O. The number of hydrogen-bond acceptors (Lipinski definition) is 2. The number of nitrogens with zero attached hydrogens (tertiary/aromatic N) is 2. The summed E-state index contributed by atoms with van der Waals surface area (Å²) in [6.07, 6.45) is 7.56. The van der Waals surface area contributed by atoms with Crippen LogP contribution in [0.1, 0.15) is 69.3 Å². The Hall–Kier alpha value is -0.830. The van der Waals surface area contributed by atoms with Gasteiger partial charge >= 0.3 is 0 Å². The van der Waals surface area contributed by atoms with E-state index in [2.05, 4.69) is 32.8 Å². The summed E-state index contributed by atoms with van der Waals surface area (Å²) in [7, 11) is 1.99. The third kappa shape index (κ3) is 4.93. The third-order valence-corrected chi connectivity index (χ3v) is 4.54. The first-order valence-corrected chi connectivity index (χ1v) is 8.16. The van der Waals surface area contributed by atoms with Crippen molar-refractivity contribution in [1.82, 2.24) is 9.78 Å². The number of unbranched alkanes of at least 4 members (excludes halogenated alkanes) is 1. The SMILES string of the molecule is CCCCC(CC)CC(O)CCc1c(C)nn(C)c1C. The van der Waals surface area contributed by atoms with Crippen LogP contribution in [0.15, 0.2) is 0 Å². The lowest BCUT2D eigenvalue weighted by molar-refractivity contribution is 0.129. The highest BCUT2D eigenvalue weighted by atomic mass is 16.3. The fraction of sp³-hybridized carbons (Fsp3) is 0.824. The zero-order chi connectivity index (χ0) is 15.1. The smallest absolute Gasteiger partial charge is 0.0628 e. The molecule has 0 radical (unpaired) electrons. The Morgan fingerprint density at radius 3 is 2.40 bits per heavy atom. The van der Waals surface area contributed by atoms with Gasteiger partial charge < -0.3 is 5.11 Å². The predicted molar refractivity (Wildman–Crippen MR) is 84.9 cm³/mol. The van der Waals surface area contributed by atoms with Gasteiger partial charge in [-0.25, -0.2) is 0 Å². The van der Waals surface area contributed by atoms with Crippen molar-refractivity contribution in [3.05, 3.63) is 17.0 Å². The van der Waals surface area contributed by atoms with Crippen LogP contribution in [-0.2, 0) is 13.5 Å². The Kier molecular flexibility index (Phi) is 7.28. The van der Waals surface area contributed by atoms with Crippen LogP contribution in [0.4, 0.5) is 0 Å². The molecule has 0 aromatic carbocycles. The topological polar surface area (TPSA) is 38.1 Å². The van der Waals surface area contributed by atoms with E-state index < -0.39 is 0 Å². The highest BCUT2D eigenvalue weighted by molar-refractivity contribution is 5.24. The van der Waals surface area contributed by atoms with Gasteiger partial charge in [0.05, 0.1) is 11.8 Å². The second-order valence-corrected chi connectivity index (χ2v) is 6.12. The molecule has 1 N–H and O–H groups in total. The molecule has 0 fully saturated rings. The largest absolute Gasteiger partial charge is 0.393 e. The normalized spacial score (nSPS) is 14.5. The van der Waals surface area contributed by atoms with Gasteiger partial charge in [0.2, 0.25) is 0 Å². The van der Waals surface area contributed by atoms with Gasteiger partial charge in [-0.2, -0.15) is 5.10 Å². The molecule has 1 heterocycles. The summed E-state index contributed by atoms with van der Waals surface area (Å²) in [6.45, 7) is 8.64. The first kappa shape index (κ1) is 17.2. The van der Waals surface area contributed by atoms with Gasteiger partial charge in [-0.1, -0.05) is 39.5 Å². The first-order chi connectivity index (χ1) is 9.49. The summed E-state index contributed by atoms with van der Waals surface area (Å²) in [5, 5.41) is 14.7. The van der Waals surface area contributed by atoms with Gasteiger partial charge in [0, 0.05) is 12.7 Å². The van der Waals surface area contributed by atoms with Gasteiger partial charge in [0.1, 0.15) is 0 Å². The molecule has 3 heteroatoms. The summed E-state index contributed by atoms with van der Waals surface area (Å²) in [4.78, 5) is 0. The van der Waals surface area contributed by atoms with Crippen molar-refractivity contribution < 1.29 is 5.11 Å². The summed E-state index contributed by atoms with van der Waals surface area (Å²) < 4.78 is 1.94. The second kappa shape index (κ2) is 8.46. The minimum absolute atomic E-state index is 0.171. The van der Waals surface area contributed by atoms with E-state index in [-0.39, 0.29) is 6.10 Å². The zero-order valence-electron chi connectivity index (χ0n) is 13.9. The maximum Gasteiger partial charge on any atom is 0.0628 e. The molecule has 0 aliphatic heterocycles. The van der Waals surface area contributed by atoms with Crippen molar-refractivity contribution in [2.24, 2.45) is 13.0 Å². The maximum absolute atomic E-state index is 10.3. The number of aliphatic hydroxyl groups is 1. The Balaban J connectivity index is 2.44. The molecule has 0 aliphatic carbocycles. The molecular weight excluding hydrogens is 248 g/mol. The standard InChI is InChI=1S/C17H32N2O/c1-6-8-9-15(7-2)12-16(20)10-11-17-13(3)18-19(5)14(17)4/h15-16,20H,6-12H2,1-5H3. The monoisotopic (exact) mass is 280 g/mol.